The molecule has 3 saturated carbocycles. The highest BCUT2D eigenvalue weighted by Gasteiger charge is 2.95. The molecular weight excluding hydrogens is 628 g/mol. The minimum absolute atomic E-state index is 0.0254. The largest absolute Gasteiger partial charge is 0.508 e. The lowest BCUT2D eigenvalue weighted by atomic mass is 9.41. The van der Waals surface area contributed by atoms with Gasteiger partial charge < -0.3 is 68.9 Å². The van der Waals surface area contributed by atoms with Gasteiger partial charge in [0.1, 0.15) is 54.6 Å². The molecule has 6 bridgehead atoms. The third kappa shape index (κ3) is 4.30. The lowest BCUT2D eigenvalue weighted by molar-refractivity contribution is -0.427. The smallest absolute Gasteiger partial charge is 0.338 e. The molecule has 7 aliphatic rings. The van der Waals surface area contributed by atoms with E-state index < -0.39 is 95.2 Å². The predicted molar refractivity (Wildman–Crippen MR) is 150 cm³/mol. The van der Waals surface area contributed by atoms with Gasteiger partial charge in [-0.05, 0) is 49.7 Å². The van der Waals surface area contributed by atoms with Crippen molar-refractivity contribution in [3.8, 4) is 23.0 Å². The van der Waals surface area contributed by atoms with Crippen LogP contribution < -0.4 is 0 Å². The summed E-state index contributed by atoms with van der Waals surface area (Å²) in [4.78, 5) is 25.7. The number of aliphatic hydroxyl groups is 3. The Morgan fingerprint density at radius 3 is 2.21 bits per heavy atom. The van der Waals surface area contributed by atoms with Gasteiger partial charge in [-0.1, -0.05) is 0 Å². The van der Waals surface area contributed by atoms with Crippen LogP contribution in [-0.4, -0.2) is 122 Å². The number of benzene rings is 2. The lowest BCUT2D eigenvalue weighted by Crippen LogP contribution is -2.81. The Morgan fingerprint density at radius 2 is 1.55 bits per heavy atom. The second-order valence-corrected chi connectivity index (χ2v) is 12.8. The Bertz CT molecular complexity index is 1580. The quantitative estimate of drug-likeness (QED) is 0.138. The summed E-state index contributed by atoms with van der Waals surface area (Å²) in [6, 6.07) is 7.23. The highest BCUT2D eigenvalue weighted by atomic mass is 16.8. The minimum Gasteiger partial charge on any atom is -0.508 e. The zero-order valence-corrected chi connectivity index (χ0v) is 25.1. The van der Waals surface area contributed by atoms with E-state index in [1.807, 2.05) is 0 Å². The van der Waals surface area contributed by atoms with Crippen molar-refractivity contribution in [2.24, 2.45) is 11.3 Å². The van der Waals surface area contributed by atoms with Crippen LogP contribution in [0.4, 0.5) is 0 Å². The first kappa shape index (κ1) is 31.8. The molecule has 3 aliphatic carbocycles. The van der Waals surface area contributed by atoms with Crippen LogP contribution in [0.25, 0.3) is 0 Å². The monoisotopic (exact) mass is 662 g/mol. The highest BCUT2D eigenvalue weighted by Crippen LogP contribution is 2.82. The summed E-state index contributed by atoms with van der Waals surface area (Å²) < 4.78 is 41.9. The van der Waals surface area contributed by atoms with Crippen LogP contribution in [0, 0.1) is 11.3 Å². The van der Waals surface area contributed by atoms with Crippen LogP contribution >= 0.6 is 0 Å². The van der Waals surface area contributed by atoms with E-state index in [-0.39, 0.29) is 42.2 Å². The number of carbonyl (C=O) groups is 2. The maximum absolute atomic E-state index is 13.0. The zero-order chi connectivity index (χ0) is 33.7. The number of methoxy groups -OCH3 is 1. The molecule has 4 saturated heterocycles. The van der Waals surface area contributed by atoms with Crippen LogP contribution in [0.3, 0.4) is 0 Å². The van der Waals surface area contributed by atoms with E-state index in [1.165, 1.54) is 31.4 Å². The summed E-state index contributed by atoms with van der Waals surface area (Å²) in [5, 5.41) is 71.1. The molecule has 4 heterocycles. The minimum atomic E-state index is -1.81. The number of aliphatic hydroxyl groups excluding tert-OH is 3. The van der Waals surface area contributed by atoms with E-state index >= 15 is 0 Å². The van der Waals surface area contributed by atoms with E-state index in [2.05, 4.69) is 0 Å². The van der Waals surface area contributed by atoms with Crippen LogP contribution in [0.2, 0.25) is 0 Å². The van der Waals surface area contributed by atoms with Crippen LogP contribution in [0.1, 0.15) is 40.5 Å². The Hall–Kier alpha value is -3.74. The second kappa shape index (κ2) is 10.6. The molecule has 0 amide bonds. The van der Waals surface area contributed by atoms with Gasteiger partial charge in [0.25, 0.3) is 0 Å². The summed E-state index contributed by atoms with van der Waals surface area (Å²) >= 11 is 0. The van der Waals surface area contributed by atoms with Gasteiger partial charge in [-0.15, -0.1) is 0 Å². The van der Waals surface area contributed by atoms with Gasteiger partial charge in [-0.25, -0.2) is 9.59 Å². The Kier molecular flexibility index (Phi) is 7.20. The SMILES string of the molecule is CO[C@]12C[C@]3(C)O[C@H](O1)[C@]1(COC(=O)c4ccc(O)cc4)[C@H]2C[C@@]13O[C@@H]1O[C@H](COC(=O)c2cc(O)c(O)c(O)c2)[C@@H](O)[C@H](O)[C@H]1O. The Balaban J connectivity index is 1.12. The first-order valence-corrected chi connectivity index (χ1v) is 14.9. The van der Waals surface area contributed by atoms with Crippen molar-refractivity contribution in [1.82, 2.24) is 0 Å². The third-order valence-electron chi connectivity index (χ3n) is 10.5. The average Bonchev–Trinajstić information content (AvgIpc) is 3.25. The van der Waals surface area contributed by atoms with Gasteiger partial charge in [-0.2, -0.15) is 0 Å². The van der Waals surface area contributed by atoms with Gasteiger partial charge in [0.2, 0.25) is 0 Å². The lowest BCUT2D eigenvalue weighted by Gasteiger charge is -2.68. The van der Waals surface area contributed by atoms with Crippen molar-refractivity contribution < 1.29 is 78.5 Å². The van der Waals surface area contributed by atoms with Crippen LogP contribution in [0.5, 0.6) is 23.0 Å². The average molecular weight is 663 g/mol. The normalized spacial score (nSPS) is 41.0. The molecule has 7 N–H and O–H groups in total. The molecule has 9 rings (SSSR count). The molecule has 0 aromatic heterocycles. The standard InChI is InChI=1S/C31H34O16/c1-28-11-30(41-2)19-9-31(28,29(19,27(46-28)47-30)12-43-24(39)13-3-5-15(32)6-4-13)45-26-23(38)22(37)21(36)18(44-26)10-42-25(40)14-7-16(33)20(35)17(34)8-14/h3-8,18-19,21-23,26-27,32-38H,9-12H2,1-2H3/t18-,19-,21-,22+,23-,26+,27-,28+,29+,30-,31+/m1/s1. The molecule has 0 unspecified atom stereocenters. The fourth-order valence-corrected chi connectivity index (χ4v) is 8.08. The second-order valence-electron chi connectivity index (χ2n) is 12.8. The molecule has 254 valence electrons. The third-order valence-corrected chi connectivity index (χ3v) is 10.5. The number of esters is 2. The molecule has 0 spiro atoms. The molecule has 2 aromatic rings. The first-order chi connectivity index (χ1) is 22.2. The number of hydrogen-bond donors (Lipinski definition) is 7. The number of rotatable bonds is 9. The fourth-order valence-electron chi connectivity index (χ4n) is 8.08. The zero-order valence-electron chi connectivity index (χ0n) is 25.1. The molecule has 4 aliphatic heterocycles. The van der Waals surface area contributed by atoms with Crippen LogP contribution in [-0.2, 0) is 33.2 Å². The molecule has 16 heteroatoms. The van der Waals surface area contributed by atoms with Crippen molar-refractivity contribution >= 4 is 11.9 Å². The maximum atomic E-state index is 13.0. The predicted octanol–water partition coefficient (Wildman–Crippen LogP) is -0.0163. The molecule has 0 radical (unpaired) electrons. The van der Waals surface area contributed by atoms with Crippen molar-refractivity contribution in [2.75, 3.05) is 20.3 Å². The summed E-state index contributed by atoms with van der Waals surface area (Å²) in [5.74, 6) is -5.58. The van der Waals surface area contributed by atoms with Crippen molar-refractivity contribution in [3.05, 3.63) is 47.5 Å². The molecular formula is C31H34O16. The van der Waals surface area contributed by atoms with Crippen molar-refractivity contribution in [1.29, 1.82) is 0 Å². The van der Waals surface area contributed by atoms with Gasteiger partial charge in [0.15, 0.2) is 35.6 Å². The number of ether oxygens (including phenoxy) is 7. The van der Waals surface area contributed by atoms with E-state index in [4.69, 9.17) is 33.2 Å². The molecule has 47 heavy (non-hydrogen) atoms. The molecule has 16 nitrogen and oxygen atoms in total. The van der Waals surface area contributed by atoms with Crippen molar-refractivity contribution in [3.63, 3.8) is 0 Å². The highest BCUT2D eigenvalue weighted by molar-refractivity contribution is 5.91. The number of phenols is 4. The van der Waals surface area contributed by atoms with Gasteiger partial charge in [0, 0.05) is 19.4 Å². The summed E-state index contributed by atoms with van der Waals surface area (Å²) in [6.45, 7) is 0.880. The Labute approximate surface area is 266 Å². The summed E-state index contributed by atoms with van der Waals surface area (Å²) in [5.41, 5.74) is -3.69. The van der Waals surface area contributed by atoms with Crippen LogP contribution in [0.15, 0.2) is 36.4 Å². The number of carbonyl (C=O) groups excluding carboxylic acids is 2. The number of phenolic OH excluding ortho intramolecular Hbond substituents is 4. The van der Waals surface area contributed by atoms with Gasteiger partial charge in [-0.3, -0.25) is 0 Å². The molecule has 2 aromatic carbocycles. The Morgan fingerprint density at radius 1 is 0.894 bits per heavy atom. The van der Waals surface area contributed by atoms with E-state index in [0.717, 1.165) is 12.1 Å². The number of aromatic hydroxyl groups is 4. The van der Waals surface area contributed by atoms with Crippen molar-refractivity contribution in [2.45, 2.75) is 73.8 Å². The summed E-state index contributed by atoms with van der Waals surface area (Å²) in [6.07, 6.45) is -8.78. The fraction of sp³-hybridized carbons (Fsp3) is 0.548. The molecule has 11 atom stereocenters. The van der Waals surface area contributed by atoms with E-state index in [0.29, 0.717) is 0 Å². The van der Waals surface area contributed by atoms with E-state index in [1.54, 1.807) is 6.92 Å². The topological polar surface area (TPSA) is 240 Å². The maximum Gasteiger partial charge on any atom is 0.338 e. The first-order valence-electron chi connectivity index (χ1n) is 14.9. The summed E-state index contributed by atoms with van der Waals surface area (Å²) in [7, 11) is 1.51. The van der Waals surface area contributed by atoms with Gasteiger partial charge in [0.05, 0.1) is 16.5 Å². The van der Waals surface area contributed by atoms with Gasteiger partial charge >= 0.3 is 11.9 Å². The molecule has 7 fully saturated rings. The number of hydrogen-bond acceptors (Lipinski definition) is 16. The van der Waals surface area contributed by atoms with E-state index in [9.17, 15) is 45.3 Å².